The van der Waals surface area contributed by atoms with Gasteiger partial charge < -0.3 is 5.32 Å². The molecule has 4 rings (SSSR count). The van der Waals surface area contributed by atoms with Gasteiger partial charge in [-0.1, -0.05) is 37.5 Å². The maximum atomic E-state index is 13.8. The van der Waals surface area contributed by atoms with E-state index in [2.05, 4.69) is 5.32 Å². The number of nitrogens with zero attached hydrogens (tertiary/aromatic N) is 1. The monoisotopic (exact) mass is 478 g/mol. The van der Waals surface area contributed by atoms with Crippen molar-refractivity contribution >= 4 is 28.8 Å². The number of anilines is 1. The molecule has 3 aromatic rings. The zero-order valence-electron chi connectivity index (χ0n) is 19.7. The number of aryl methyl sites for hydroxylation is 2. The average Bonchev–Trinajstić information content (AvgIpc) is 3.33. The molecule has 0 aliphatic heterocycles. The van der Waals surface area contributed by atoms with Gasteiger partial charge in [0.05, 0.1) is 6.42 Å². The molecule has 1 aromatic heterocycles. The molecule has 0 bridgehead atoms. The largest absolute Gasteiger partial charge is 0.351 e. The van der Waals surface area contributed by atoms with Crippen molar-refractivity contribution in [3.8, 4) is 0 Å². The fourth-order valence-corrected chi connectivity index (χ4v) is 5.22. The van der Waals surface area contributed by atoms with Crippen LogP contribution in [0.4, 0.5) is 10.1 Å². The molecule has 4 nitrogen and oxygen atoms in total. The van der Waals surface area contributed by atoms with E-state index in [-0.39, 0.29) is 30.1 Å². The zero-order chi connectivity index (χ0) is 24.1. The van der Waals surface area contributed by atoms with Gasteiger partial charge in [0.2, 0.25) is 11.8 Å². The highest BCUT2D eigenvalue weighted by atomic mass is 32.1. The Morgan fingerprint density at radius 3 is 2.41 bits per heavy atom. The Kier molecular flexibility index (Phi) is 7.78. The molecule has 1 aliphatic rings. The summed E-state index contributed by atoms with van der Waals surface area (Å²) in [4.78, 5) is 29.1. The Morgan fingerprint density at radius 2 is 1.76 bits per heavy atom. The Hall–Kier alpha value is -2.99. The molecule has 1 N–H and O–H groups in total. The van der Waals surface area contributed by atoms with Gasteiger partial charge in [-0.2, -0.15) is 11.3 Å². The van der Waals surface area contributed by atoms with Crippen LogP contribution in [0.15, 0.2) is 59.3 Å². The van der Waals surface area contributed by atoms with E-state index in [0.717, 1.165) is 42.4 Å². The molecule has 1 atom stereocenters. The summed E-state index contributed by atoms with van der Waals surface area (Å²) < 4.78 is 13.8. The van der Waals surface area contributed by atoms with Crippen LogP contribution in [-0.4, -0.2) is 17.9 Å². The van der Waals surface area contributed by atoms with Gasteiger partial charge in [-0.3, -0.25) is 14.5 Å². The predicted octanol–water partition coefficient (Wildman–Crippen LogP) is 6.27. The van der Waals surface area contributed by atoms with Gasteiger partial charge >= 0.3 is 0 Å². The predicted molar refractivity (Wildman–Crippen MR) is 136 cm³/mol. The van der Waals surface area contributed by atoms with Crippen molar-refractivity contribution < 1.29 is 14.0 Å². The third-order valence-corrected chi connectivity index (χ3v) is 7.35. The summed E-state index contributed by atoms with van der Waals surface area (Å²) in [6, 6.07) is 12.8. The zero-order valence-corrected chi connectivity index (χ0v) is 20.5. The van der Waals surface area contributed by atoms with E-state index in [1.807, 2.05) is 48.9 Å². The van der Waals surface area contributed by atoms with E-state index in [1.165, 1.54) is 29.9 Å². The SMILES string of the molecule is Cc1ccc(N(C(=O)Cc2ccsc2)[C@@H](C(=O)NC2CCCCC2)c2ccc(F)cc2)cc1C. The lowest BCUT2D eigenvalue weighted by Crippen LogP contribution is -2.47. The van der Waals surface area contributed by atoms with Crippen molar-refractivity contribution in [2.75, 3.05) is 4.90 Å². The molecule has 0 spiro atoms. The second kappa shape index (κ2) is 11.0. The molecule has 1 aliphatic carbocycles. The Morgan fingerprint density at radius 1 is 1.03 bits per heavy atom. The minimum absolute atomic E-state index is 0.0952. The maximum Gasteiger partial charge on any atom is 0.248 e. The first kappa shape index (κ1) is 24.1. The van der Waals surface area contributed by atoms with E-state index in [1.54, 1.807) is 17.0 Å². The first-order chi connectivity index (χ1) is 16.4. The van der Waals surface area contributed by atoms with Crippen LogP contribution in [0.1, 0.15) is 60.4 Å². The Bertz CT molecular complexity index is 1120. The normalized spacial score (nSPS) is 15.0. The Balaban J connectivity index is 1.76. The van der Waals surface area contributed by atoms with E-state index < -0.39 is 6.04 Å². The molecule has 1 fully saturated rings. The summed E-state index contributed by atoms with van der Waals surface area (Å²) in [5.41, 5.74) is 4.31. The number of carbonyl (C=O) groups excluding carboxylic acids is 2. The fourth-order valence-electron chi connectivity index (χ4n) is 4.56. The van der Waals surface area contributed by atoms with Gasteiger partial charge in [-0.15, -0.1) is 0 Å². The number of halogens is 1. The number of amides is 2. The van der Waals surface area contributed by atoms with Crippen molar-refractivity contribution in [3.05, 3.63) is 87.4 Å². The topological polar surface area (TPSA) is 49.4 Å². The molecule has 0 unspecified atom stereocenters. The van der Waals surface area contributed by atoms with Crippen LogP contribution in [0.2, 0.25) is 0 Å². The minimum Gasteiger partial charge on any atom is -0.351 e. The molecule has 1 heterocycles. The number of benzene rings is 2. The highest BCUT2D eigenvalue weighted by Gasteiger charge is 2.34. The smallest absolute Gasteiger partial charge is 0.248 e. The number of hydrogen-bond donors (Lipinski definition) is 1. The summed E-state index contributed by atoms with van der Waals surface area (Å²) in [5.74, 6) is -0.775. The number of rotatable bonds is 7. The third kappa shape index (κ3) is 5.73. The minimum atomic E-state index is -0.893. The lowest BCUT2D eigenvalue weighted by Gasteiger charge is -2.34. The summed E-state index contributed by atoms with van der Waals surface area (Å²) >= 11 is 1.54. The van der Waals surface area contributed by atoms with E-state index in [4.69, 9.17) is 0 Å². The van der Waals surface area contributed by atoms with E-state index >= 15 is 0 Å². The van der Waals surface area contributed by atoms with Crippen molar-refractivity contribution in [1.82, 2.24) is 5.32 Å². The molecule has 34 heavy (non-hydrogen) atoms. The molecule has 2 aromatic carbocycles. The molecule has 1 saturated carbocycles. The van der Waals surface area contributed by atoms with Crippen LogP contribution in [0, 0.1) is 19.7 Å². The second-order valence-corrected chi connectivity index (χ2v) is 9.92. The summed E-state index contributed by atoms with van der Waals surface area (Å²) in [7, 11) is 0. The molecule has 0 radical (unpaired) electrons. The van der Waals surface area contributed by atoms with Gasteiger partial charge in [0, 0.05) is 11.7 Å². The molecule has 6 heteroatoms. The van der Waals surface area contributed by atoms with E-state index in [9.17, 15) is 14.0 Å². The highest BCUT2D eigenvalue weighted by Crippen LogP contribution is 2.31. The standard InChI is InChI=1S/C28H31FN2O2S/c1-19-8-13-25(16-20(19)2)31(26(32)17-21-14-15-34-18-21)27(22-9-11-23(29)12-10-22)28(33)30-24-6-4-3-5-7-24/h8-16,18,24,27H,3-7,17H2,1-2H3,(H,30,33)/t27-/m1/s1. The average molecular weight is 479 g/mol. The van der Waals surface area contributed by atoms with Gasteiger partial charge in [0.1, 0.15) is 11.9 Å². The van der Waals surface area contributed by atoms with Crippen LogP contribution in [0.25, 0.3) is 0 Å². The van der Waals surface area contributed by atoms with Crippen LogP contribution in [0.5, 0.6) is 0 Å². The van der Waals surface area contributed by atoms with Crippen molar-refractivity contribution in [2.24, 2.45) is 0 Å². The van der Waals surface area contributed by atoms with Crippen LogP contribution >= 0.6 is 11.3 Å². The van der Waals surface area contributed by atoms with Gasteiger partial charge in [0.15, 0.2) is 0 Å². The molecule has 178 valence electrons. The second-order valence-electron chi connectivity index (χ2n) is 9.14. The summed E-state index contributed by atoms with van der Waals surface area (Å²) in [5, 5.41) is 7.09. The van der Waals surface area contributed by atoms with Gasteiger partial charge in [-0.25, -0.2) is 4.39 Å². The molecular formula is C28H31FN2O2S. The molecule has 2 amide bonds. The number of thiophene rings is 1. The van der Waals surface area contributed by atoms with Gasteiger partial charge in [0.25, 0.3) is 0 Å². The number of hydrogen-bond acceptors (Lipinski definition) is 3. The quantitative estimate of drug-likeness (QED) is 0.435. The lowest BCUT2D eigenvalue weighted by atomic mass is 9.94. The summed E-state index contributed by atoms with van der Waals surface area (Å²) in [6.45, 7) is 4.01. The molecular weight excluding hydrogens is 447 g/mol. The van der Waals surface area contributed by atoms with Crippen LogP contribution in [0.3, 0.4) is 0 Å². The van der Waals surface area contributed by atoms with Crippen molar-refractivity contribution in [2.45, 2.75) is 64.5 Å². The van der Waals surface area contributed by atoms with E-state index in [0.29, 0.717) is 11.3 Å². The number of carbonyl (C=O) groups is 2. The Labute approximate surface area is 204 Å². The van der Waals surface area contributed by atoms with Crippen LogP contribution in [-0.2, 0) is 16.0 Å². The third-order valence-electron chi connectivity index (χ3n) is 6.62. The van der Waals surface area contributed by atoms with Crippen molar-refractivity contribution in [1.29, 1.82) is 0 Å². The summed E-state index contributed by atoms with van der Waals surface area (Å²) in [6.07, 6.45) is 5.42. The first-order valence-electron chi connectivity index (χ1n) is 11.9. The number of nitrogens with one attached hydrogen (secondary N) is 1. The van der Waals surface area contributed by atoms with Crippen LogP contribution < -0.4 is 10.2 Å². The highest BCUT2D eigenvalue weighted by molar-refractivity contribution is 7.08. The fraction of sp³-hybridized carbons (Fsp3) is 0.357. The van der Waals surface area contributed by atoms with Gasteiger partial charge in [-0.05, 0) is 90.0 Å². The lowest BCUT2D eigenvalue weighted by molar-refractivity contribution is -0.127. The molecule has 0 saturated heterocycles. The first-order valence-corrected chi connectivity index (χ1v) is 12.8. The maximum absolute atomic E-state index is 13.8. The van der Waals surface area contributed by atoms with Crippen molar-refractivity contribution in [3.63, 3.8) is 0 Å².